The van der Waals surface area contributed by atoms with Crippen LogP contribution >= 0.6 is 0 Å². The molecule has 6 heteroatoms. The zero-order valence-corrected chi connectivity index (χ0v) is 13.7. The van der Waals surface area contributed by atoms with E-state index in [9.17, 15) is 14.7 Å². The number of aromatic amines is 1. The van der Waals surface area contributed by atoms with Crippen molar-refractivity contribution < 1.29 is 19.4 Å². The topological polar surface area (TPSA) is 91.4 Å². The Morgan fingerprint density at radius 3 is 2.92 bits per heavy atom. The summed E-state index contributed by atoms with van der Waals surface area (Å²) in [6.07, 6.45) is 1.74. The second kappa shape index (κ2) is 7.05. The molecule has 2 heterocycles. The number of H-pyrrole nitrogens is 1. The number of aryl methyl sites for hydroxylation is 1. The van der Waals surface area contributed by atoms with E-state index in [1.807, 2.05) is 31.2 Å². The Labute approximate surface area is 140 Å². The monoisotopic (exact) mass is 330 g/mol. The van der Waals surface area contributed by atoms with Crippen LogP contribution in [-0.4, -0.2) is 41.2 Å². The van der Waals surface area contributed by atoms with Crippen LogP contribution in [0.15, 0.2) is 24.3 Å². The van der Waals surface area contributed by atoms with Crippen molar-refractivity contribution >= 4 is 22.8 Å². The van der Waals surface area contributed by atoms with Gasteiger partial charge in [0.15, 0.2) is 0 Å². The lowest BCUT2D eigenvalue weighted by molar-refractivity contribution is -0.145. The van der Waals surface area contributed by atoms with Gasteiger partial charge in [-0.2, -0.15) is 0 Å². The quantitative estimate of drug-likeness (QED) is 0.782. The summed E-state index contributed by atoms with van der Waals surface area (Å²) < 4.78 is 5.36. The third-order valence-corrected chi connectivity index (χ3v) is 4.61. The predicted octanol–water partition coefficient (Wildman–Crippen LogP) is 2.01. The van der Waals surface area contributed by atoms with E-state index in [4.69, 9.17) is 4.74 Å². The Morgan fingerprint density at radius 1 is 1.42 bits per heavy atom. The first kappa shape index (κ1) is 16.5. The first-order chi connectivity index (χ1) is 11.6. The second-order valence-corrected chi connectivity index (χ2v) is 6.31. The molecule has 1 aromatic carbocycles. The van der Waals surface area contributed by atoms with Gasteiger partial charge in [0.2, 0.25) is 5.91 Å². The minimum Gasteiger partial charge on any atom is -0.480 e. The molecule has 3 rings (SSSR count). The maximum absolute atomic E-state index is 12.4. The highest BCUT2D eigenvalue weighted by Crippen LogP contribution is 2.23. The molecule has 1 aliphatic rings. The highest BCUT2D eigenvalue weighted by atomic mass is 16.5. The van der Waals surface area contributed by atoms with E-state index in [2.05, 4.69) is 10.3 Å². The number of aromatic nitrogens is 1. The van der Waals surface area contributed by atoms with Crippen molar-refractivity contribution in [2.45, 2.75) is 32.2 Å². The van der Waals surface area contributed by atoms with Crippen LogP contribution in [0.25, 0.3) is 10.9 Å². The van der Waals surface area contributed by atoms with Gasteiger partial charge < -0.3 is 20.1 Å². The third kappa shape index (κ3) is 3.43. The zero-order chi connectivity index (χ0) is 17.1. The molecule has 1 amide bonds. The molecule has 1 saturated heterocycles. The van der Waals surface area contributed by atoms with E-state index in [1.54, 1.807) is 0 Å². The number of amides is 1. The average Bonchev–Trinajstić information content (AvgIpc) is 2.89. The van der Waals surface area contributed by atoms with Crippen LogP contribution in [0.2, 0.25) is 0 Å². The summed E-state index contributed by atoms with van der Waals surface area (Å²) in [4.78, 5) is 27.2. The summed E-state index contributed by atoms with van der Waals surface area (Å²) >= 11 is 0. The SMILES string of the molecule is Cc1[nH]c2ccccc2c1CC(=O)NC(C(=O)O)C1CCCOC1. The van der Waals surface area contributed by atoms with Crippen molar-refractivity contribution in [3.05, 3.63) is 35.5 Å². The number of hydrogen-bond donors (Lipinski definition) is 3. The molecule has 128 valence electrons. The van der Waals surface area contributed by atoms with Gasteiger partial charge in [-0.3, -0.25) is 4.79 Å². The van der Waals surface area contributed by atoms with Gasteiger partial charge in [-0.15, -0.1) is 0 Å². The van der Waals surface area contributed by atoms with Gasteiger partial charge in [-0.25, -0.2) is 4.79 Å². The highest BCUT2D eigenvalue weighted by Gasteiger charge is 2.31. The van der Waals surface area contributed by atoms with E-state index < -0.39 is 12.0 Å². The van der Waals surface area contributed by atoms with Crippen LogP contribution in [-0.2, 0) is 20.7 Å². The lowest BCUT2D eigenvalue weighted by Crippen LogP contribution is -2.48. The number of carbonyl (C=O) groups is 2. The molecule has 2 aromatic rings. The molecule has 1 aliphatic heterocycles. The fourth-order valence-corrected chi connectivity index (χ4v) is 3.36. The van der Waals surface area contributed by atoms with Gasteiger partial charge in [0.05, 0.1) is 13.0 Å². The van der Waals surface area contributed by atoms with E-state index in [0.29, 0.717) is 13.2 Å². The second-order valence-electron chi connectivity index (χ2n) is 6.31. The van der Waals surface area contributed by atoms with Crippen LogP contribution in [0.4, 0.5) is 0 Å². The number of carboxylic acids is 1. The van der Waals surface area contributed by atoms with Crippen molar-refractivity contribution in [1.29, 1.82) is 0 Å². The summed E-state index contributed by atoms with van der Waals surface area (Å²) in [6, 6.07) is 6.89. The van der Waals surface area contributed by atoms with Crippen LogP contribution < -0.4 is 5.32 Å². The molecule has 6 nitrogen and oxygen atoms in total. The number of aliphatic carboxylic acids is 1. The van der Waals surface area contributed by atoms with E-state index in [0.717, 1.165) is 35.0 Å². The smallest absolute Gasteiger partial charge is 0.326 e. The van der Waals surface area contributed by atoms with E-state index in [1.165, 1.54) is 0 Å². The van der Waals surface area contributed by atoms with Crippen molar-refractivity contribution in [3.8, 4) is 0 Å². The van der Waals surface area contributed by atoms with Crippen LogP contribution in [0.5, 0.6) is 0 Å². The van der Waals surface area contributed by atoms with Crippen LogP contribution in [0.1, 0.15) is 24.1 Å². The van der Waals surface area contributed by atoms with Gasteiger partial charge in [0.1, 0.15) is 6.04 Å². The van der Waals surface area contributed by atoms with Gasteiger partial charge in [-0.05, 0) is 31.4 Å². The molecule has 1 aromatic heterocycles. The first-order valence-electron chi connectivity index (χ1n) is 8.22. The molecule has 0 bridgehead atoms. The fraction of sp³-hybridized carbons (Fsp3) is 0.444. The number of carbonyl (C=O) groups excluding carboxylic acids is 1. The summed E-state index contributed by atoms with van der Waals surface area (Å²) in [7, 11) is 0. The van der Waals surface area contributed by atoms with Crippen molar-refractivity contribution in [2.75, 3.05) is 13.2 Å². The number of rotatable bonds is 5. The lowest BCUT2D eigenvalue weighted by atomic mass is 9.93. The third-order valence-electron chi connectivity index (χ3n) is 4.61. The fourth-order valence-electron chi connectivity index (χ4n) is 3.36. The van der Waals surface area contributed by atoms with Gasteiger partial charge in [0.25, 0.3) is 0 Å². The molecule has 1 fully saturated rings. The normalized spacial score (nSPS) is 19.1. The summed E-state index contributed by atoms with van der Waals surface area (Å²) in [6.45, 7) is 2.96. The minimum absolute atomic E-state index is 0.160. The number of hydrogen-bond acceptors (Lipinski definition) is 3. The molecule has 0 spiro atoms. The maximum atomic E-state index is 12.4. The Balaban J connectivity index is 1.73. The molecular weight excluding hydrogens is 308 g/mol. The summed E-state index contributed by atoms with van der Waals surface area (Å²) in [5, 5.41) is 13.1. The van der Waals surface area contributed by atoms with E-state index in [-0.39, 0.29) is 18.2 Å². The summed E-state index contributed by atoms with van der Waals surface area (Å²) in [5.74, 6) is -1.46. The Morgan fingerprint density at radius 2 is 2.21 bits per heavy atom. The molecular formula is C18H22N2O4. The molecule has 3 N–H and O–H groups in total. The van der Waals surface area contributed by atoms with Gasteiger partial charge in [-0.1, -0.05) is 18.2 Å². The summed E-state index contributed by atoms with van der Waals surface area (Å²) in [5.41, 5.74) is 2.82. The first-order valence-corrected chi connectivity index (χ1v) is 8.22. The standard InChI is InChI=1S/C18H22N2O4/c1-11-14(13-6-2-3-7-15(13)19-11)9-16(21)20-17(18(22)23)12-5-4-8-24-10-12/h2-3,6-7,12,17,19H,4-5,8-10H2,1H3,(H,20,21)(H,22,23). The number of nitrogens with one attached hydrogen (secondary N) is 2. The number of carboxylic acid groups (broad SMARTS) is 1. The highest BCUT2D eigenvalue weighted by molar-refractivity contribution is 5.91. The largest absolute Gasteiger partial charge is 0.480 e. The average molecular weight is 330 g/mol. The Kier molecular flexibility index (Phi) is 4.85. The van der Waals surface area contributed by atoms with Gasteiger partial charge >= 0.3 is 5.97 Å². The molecule has 2 unspecified atom stereocenters. The molecule has 2 atom stereocenters. The van der Waals surface area contributed by atoms with Crippen LogP contribution in [0.3, 0.4) is 0 Å². The Bertz CT molecular complexity index is 747. The van der Waals surface area contributed by atoms with Crippen LogP contribution in [0, 0.1) is 12.8 Å². The van der Waals surface area contributed by atoms with E-state index >= 15 is 0 Å². The minimum atomic E-state index is -1.01. The predicted molar refractivity (Wildman–Crippen MR) is 89.8 cm³/mol. The van der Waals surface area contributed by atoms with Crippen molar-refractivity contribution in [1.82, 2.24) is 10.3 Å². The number of fused-ring (bicyclic) bond motifs is 1. The van der Waals surface area contributed by atoms with Crippen molar-refractivity contribution in [2.24, 2.45) is 5.92 Å². The zero-order valence-electron chi connectivity index (χ0n) is 13.7. The Hall–Kier alpha value is -2.34. The number of ether oxygens (including phenoxy) is 1. The maximum Gasteiger partial charge on any atom is 0.326 e. The molecule has 0 radical (unpaired) electrons. The number of benzene rings is 1. The lowest BCUT2D eigenvalue weighted by Gasteiger charge is -2.28. The van der Waals surface area contributed by atoms with Gasteiger partial charge in [0, 0.05) is 29.1 Å². The molecule has 0 aliphatic carbocycles. The number of para-hydroxylation sites is 1. The molecule has 0 saturated carbocycles. The molecule has 24 heavy (non-hydrogen) atoms. The van der Waals surface area contributed by atoms with Crippen molar-refractivity contribution in [3.63, 3.8) is 0 Å².